The third-order valence-corrected chi connectivity index (χ3v) is 4.29. The topological polar surface area (TPSA) is 57.8 Å². The summed E-state index contributed by atoms with van der Waals surface area (Å²) in [5.74, 6) is 0.395. The molecule has 0 aliphatic carbocycles. The third kappa shape index (κ3) is 2.58. The van der Waals surface area contributed by atoms with E-state index in [4.69, 9.17) is 16.3 Å². The normalized spacial score (nSPS) is 18.9. The zero-order valence-corrected chi connectivity index (χ0v) is 12.5. The maximum atomic E-state index is 6.14. The molecule has 1 aliphatic rings. The molecule has 0 N–H and O–H groups in total. The summed E-state index contributed by atoms with van der Waals surface area (Å²) in [6.45, 7) is 6.94. The summed E-state index contributed by atoms with van der Waals surface area (Å²) in [5, 5.41) is 13.6. The second-order valence-electron chi connectivity index (χ2n) is 5.17. The van der Waals surface area contributed by atoms with E-state index in [1.54, 1.807) is 0 Å². The Balaban J connectivity index is 1.64. The first-order valence-corrected chi connectivity index (χ1v) is 7.20. The molecule has 0 saturated carbocycles. The van der Waals surface area contributed by atoms with Gasteiger partial charge in [0.1, 0.15) is 0 Å². The fourth-order valence-corrected chi connectivity index (χ4v) is 2.60. The number of hydrogen-bond donors (Lipinski definition) is 0. The molecule has 1 aliphatic heterocycles. The zero-order valence-electron chi connectivity index (χ0n) is 11.7. The van der Waals surface area contributed by atoms with Crippen LogP contribution >= 0.6 is 11.6 Å². The summed E-state index contributed by atoms with van der Waals surface area (Å²) in [4.78, 5) is 0. The van der Waals surface area contributed by atoms with Crippen LogP contribution in [0.1, 0.15) is 29.4 Å². The van der Waals surface area contributed by atoms with E-state index < -0.39 is 0 Å². The van der Waals surface area contributed by atoms with Crippen molar-refractivity contribution in [3.05, 3.63) is 28.3 Å². The predicted molar refractivity (Wildman–Crippen MR) is 74.9 cm³/mol. The minimum absolute atomic E-state index is 0.395. The van der Waals surface area contributed by atoms with Crippen LogP contribution in [0.4, 0.5) is 0 Å². The lowest BCUT2D eigenvalue weighted by Gasteiger charge is -2.04. The monoisotopic (exact) mass is 295 g/mol. The van der Waals surface area contributed by atoms with Gasteiger partial charge in [-0.2, -0.15) is 5.10 Å². The van der Waals surface area contributed by atoms with Crippen molar-refractivity contribution in [2.75, 3.05) is 13.2 Å². The molecule has 1 atom stereocenters. The molecule has 6 nitrogen and oxygen atoms in total. The Morgan fingerprint density at radius 1 is 1.40 bits per heavy atom. The SMILES string of the molecule is Cc1nn(CCn2cc([C@@H]3CCOC3)nn2)c(C)c1Cl. The number of ether oxygens (including phenoxy) is 1. The van der Waals surface area contributed by atoms with Crippen molar-refractivity contribution < 1.29 is 4.74 Å². The minimum atomic E-state index is 0.395. The van der Waals surface area contributed by atoms with Gasteiger partial charge in [-0.25, -0.2) is 0 Å². The molecular weight excluding hydrogens is 278 g/mol. The maximum Gasteiger partial charge on any atom is 0.0881 e. The predicted octanol–water partition coefficient (Wildman–Crippen LogP) is 1.95. The van der Waals surface area contributed by atoms with Crippen molar-refractivity contribution in [1.82, 2.24) is 24.8 Å². The zero-order chi connectivity index (χ0) is 14.1. The number of aryl methyl sites for hydroxylation is 3. The molecule has 3 rings (SSSR count). The molecule has 1 fully saturated rings. The Labute approximate surface area is 122 Å². The molecule has 7 heteroatoms. The van der Waals surface area contributed by atoms with Gasteiger partial charge in [0.25, 0.3) is 0 Å². The summed E-state index contributed by atoms with van der Waals surface area (Å²) >= 11 is 6.14. The van der Waals surface area contributed by atoms with Gasteiger partial charge in [0.2, 0.25) is 0 Å². The fourth-order valence-electron chi connectivity index (χ4n) is 2.47. The Hall–Kier alpha value is -1.40. The highest BCUT2D eigenvalue weighted by Crippen LogP contribution is 2.23. The number of rotatable bonds is 4. The van der Waals surface area contributed by atoms with E-state index in [1.807, 2.05) is 29.4 Å². The standard InChI is InChI=1S/C13H18ClN5O/c1-9-13(14)10(2)19(16-9)5-4-18-7-12(15-17-18)11-3-6-20-8-11/h7,11H,3-6,8H2,1-2H3/t11-/m1/s1. The van der Waals surface area contributed by atoms with E-state index >= 15 is 0 Å². The van der Waals surface area contributed by atoms with Crippen LogP contribution in [0.25, 0.3) is 0 Å². The van der Waals surface area contributed by atoms with E-state index in [0.717, 1.165) is 54.8 Å². The van der Waals surface area contributed by atoms with Gasteiger partial charge in [-0.15, -0.1) is 5.10 Å². The molecule has 1 saturated heterocycles. The molecule has 0 amide bonds. The van der Waals surface area contributed by atoms with E-state index in [0.29, 0.717) is 5.92 Å². The first-order chi connectivity index (χ1) is 9.65. The average Bonchev–Trinajstić information content (AvgIpc) is 3.14. The van der Waals surface area contributed by atoms with Crippen LogP contribution in [-0.2, 0) is 17.8 Å². The van der Waals surface area contributed by atoms with Gasteiger partial charge in [-0.3, -0.25) is 9.36 Å². The summed E-state index contributed by atoms with van der Waals surface area (Å²) < 4.78 is 9.15. The van der Waals surface area contributed by atoms with Crippen molar-refractivity contribution in [2.45, 2.75) is 39.3 Å². The van der Waals surface area contributed by atoms with Crippen LogP contribution < -0.4 is 0 Å². The van der Waals surface area contributed by atoms with E-state index in [1.165, 1.54) is 0 Å². The molecule has 3 heterocycles. The van der Waals surface area contributed by atoms with Crippen LogP contribution in [0.3, 0.4) is 0 Å². The fraction of sp³-hybridized carbons (Fsp3) is 0.615. The molecule has 0 radical (unpaired) electrons. The molecule has 20 heavy (non-hydrogen) atoms. The van der Waals surface area contributed by atoms with E-state index in [-0.39, 0.29) is 0 Å². The number of hydrogen-bond acceptors (Lipinski definition) is 4. The lowest BCUT2D eigenvalue weighted by molar-refractivity contribution is 0.193. The van der Waals surface area contributed by atoms with E-state index in [2.05, 4.69) is 15.4 Å². The first kappa shape index (κ1) is 13.6. The summed E-state index contributed by atoms with van der Waals surface area (Å²) in [5.41, 5.74) is 2.88. The Kier molecular flexibility index (Phi) is 3.76. The summed E-state index contributed by atoms with van der Waals surface area (Å²) in [6, 6.07) is 0. The Morgan fingerprint density at radius 2 is 2.25 bits per heavy atom. The van der Waals surface area contributed by atoms with Crippen LogP contribution in [0.2, 0.25) is 5.02 Å². The van der Waals surface area contributed by atoms with Crippen LogP contribution in [0.5, 0.6) is 0 Å². The van der Waals surface area contributed by atoms with Crippen LogP contribution in [-0.4, -0.2) is 38.0 Å². The molecule has 2 aromatic heterocycles. The van der Waals surface area contributed by atoms with Crippen molar-refractivity contribution in [1.29, 1.82) is 0 Å². The molecule has 0 bridgehead atoms. The van der Waals surface area contributed by atoms with Gasteiger partial charge in [0, 0.05) is 18.7 Å². The summed E-state index contributed by atoms with van der Waals surface area (Å²) in [6.07, 6.45) is 3.04. The smallest absolute Gasteiger partial charge is 0.0881 e. The number of aromatic nitrogens is 5. The highest BCUT2D eigenvalue weighted by molar-refractivity contribution is 6.31. The van der Waals surface area contributed by atoms with Crippen molar-refractivity contribution in [2.24, 2.45) is 0 Å². The molecule has 0 unspecified atom stereocenters. The third-order valence-electron chi connectivity index (χ3n) is 3.74. The molecule has 2 aromatic rings. The average molecular weight is 296 g/mol. The Morgan fingerprint density at radius 3 is 2.90 bits per heavy atom. The van der Waals surface area contributed by atoms with Gasteiger partial charge in [0.05, 0.1) is 41.8 Å². The number of nitrogens with zero attached hydrogens (tertiary/aromatic N) is 5. The summed E-state index contributed by atoms with van der Waals surface area (Å²) in [7, 11) is 0. The largest absolute Gasteiger partial charge is 0.381 e. The van der Waals surface area contributed by atoms with Crippen molar-refractivity contribution >= 4 is 11.6 Å². The van der Waals surface area contributed by atoms with Gasteiger partial charge in [-0.05, 0) is 20.3 Å². The van der Waals surface area contributed by atoms with Gasteiger partial charge >= 0.3 is 0 Å². The van der Waals surface area contributed by atoms with E-state index in [9.17, 15) is 0 Å². The highest BCUT2D eigenvalue weighted by Gasteiger charge is 2.20. The molecule has 0 aromatic carbocycles. The number of halogens is 1. The second-order valence-corrected chi connectivity index (χ2v) is 5.55. The molecular formula is C13H18ClN5O. The van der Waals surface area contributed by atoms with Gasteiger partial charge in [-0.1, -0.05) is 16.8 Å². The molecule has 0 spiro atoms. The quantitative estimate of drug-likeness (QED) is 0.865. The van der Waals surface area contributed by atoms with Gasteiger partial charge in [0.15, 0.2) is 0 Å². The van der Waals surface area contributed by atoms with Gasteiger partial charge < -0.3 is 4.74 Å². The Bertz CT molecular complexity index is 600. The van der Waals surface area contributed by atoms with Crippen LogP contribution in [0, 0.1) is 13.8 Å². The lowest BCUT2D eigenvalue weighted by Crippen LogP contribution is -2.10. The first-order valence-electron chi connectivity index (χ1n) is 6.82. The van der Waals surface area contributed by atoms with Crippen molar-refractivity contribution in [3.8, 4) is 0 Å². The maximum absolute atomic E-state index is 6.14. The van der Waals surface area contributed by atoms with Crippen molar-refractivity contribution in [3.63, 3.8) is 0 Å². The molecule has 108 valence electrons. The lowest BCUT2D eigenvalue weighted by atomic mass is 10.1. The second kappa shape index (κ2) is 5.54. The minimum Gasteiger partial charge on any atom is -0.381 e. The van der Waals surface area contributed by atoms with Crippen LogP contribution in [0.15, 0.2) is 6.20 Å². The highest BCUT2D eigenvalue weighted by atomic mass is 35.5.